The van der Waals surface area contributed by atoms with Gasteiger partial charge in [-0.1, -0.05) is 36.5 Å². The molecule has 0 fully saturated rings. The molecule has 4 rings (SSSR count). The van der Waals surface area contributed by atoms with Gasteiger partial charge in [0.15, 0.2) is 4.80 Å². The summed E-state index contributed by atoms with van der Waals surface area (Å²) in [7, 11) is 4.68. The Morgan fingerprint density at radius 3 is 2.56 bits per heavy atom. The SMILES string of the molecule is CCCOc1ccccc1[C@H]1C(C(=O)OCCOC)=C(C)N=c2s/c(=C/c3cc(OC)ccc3OC)c(=O)n21. The van der Waals surface area contributed by atoms with Crippen molar-refractivity contribution in [1.82, 2.24) is 4.57 Å². The Bertz CT molecular complexity index is 1550. The van der Waals surface area contributed by atoms with Crippen LogP contribution in [-0.4, -0.2) is 51.7 Å². The summed E-state index contributed by atoms with van der Waals surface area (Å²) < 4.78 is 29.4. The first-order chi connectivity index (χ1) is 18.9. The molecule has 0 unspecified atom stereocenters. The van der Waals surface area contributed by atoms with E-state index in [1.807, 2.05) is 31.2 Å². The van der Waals surface area contributed by atoms with Crippen molar-refractivity contribution in [3.05, 3.63) is 84.5 Å². The van der Waals surface area contributed by atoms with Crippen LogP contribution in [0.4, 0.5) is 0 Å². The number of aromatic nitrogens is 1. The summed E-state index contributed by atoms with van der Waals surface area (Å²) in [6, 6.07) is 12.0. The quantitative estimate of drug-likeness (QED) is 0.266. The Morgan fingerprint density at radius 2 is 1.85 bits per heavy atom. The van der Waals surface area contributed by atoms with E-state index >= 15 is 0 Å². The number of hydrogen-bond donors (Lipinski definition) is 0. The average Bonchev–Trinajstić information content (AvgIpc) is 3.25. The van der Waals surface area contributed by atoms with Gasteiger partial charge in [0.1, 0.15) is 29.9 Å². The Hall–Kier alpha value is -3.89. The Morgan fingerprint density at radius 1 is 1.05 bits per heavy atom. The summed E-state index contributed by atoms with van der Waals surface area (Å²) in [5, 5.41) is 0. The first-order valence-electron chi connectivity index (χ1n) is 12.6. The van der Waals surface area contributed by atoms with Gasteiger partial charge in [0.25, 0.3) is 5.56 Å². The zero-order valence-electron chi connectivity index (χ0n) is 22.7. The number of thiazole rings is 1. The van der Waals surface area contributed by atoms with Gasteiger partial charge in [-0.25, -0.2) is 9.79 Å². The number of benzene rings is 2. The molecule has 3 aromatic rings. The van der Waals surface area contributed by atoms with E-state index in [-0.39, 0.29) is 24.3 Å². The van der Waals surface area contributed by atoms with Gasteiger partial charge in [-0.05, 0) is 43.7 Å². The van der Waals surface area contributed by atoms with Crippen LogP contribution in [0.3, 0.4) is 0 Å². The van der Waals surface area contributed by atoms with E-state index < -0.39 is 12.0 Å². The van der Waals surface area contributed by atoms with Crippen LogP contribution in [0.1, 0.15) is 37.4 Å². The van der Waals surface area contributed by atoms with Crippen LogP contribution < -0.4 is 29.1 Å². The van der Waals surface area contributed by atoms with Gasteiger partial charge in [0.05, 0.1) is 43.2 Å². The lowest BCUT2D eigenvalue weighted by Crippen LogP contribution is -2.40. The molecule has 206 valence electrons. The predicted molar refractivity (Wildman–Crippen MR) is 148 cm³/mol. The molecule has 0 saturated carbocycles. The molecule has 1 atom stereocenters. The minimum absolute atomic E-state index is 0.0763. The fourth-order valence-corrected chi connectivity index (χ4v) is 5.35. The summed E-state index contributed by atoms with van der Waals surface area (Å²) in [6.07, 6.45) is 2.55. The smallest absolute Gasteiger partial charge is 0.338 e. The molecule has 9 nitrogen and oxygen atoms in total. The second-order valence-corrected chi connectivity index (χ2v) is 9.71. The molecule has 0 saturated heterocycles. The number of nitrogens with zero attached hydrogens (tertiary/aromatic N) is 2. The first-order valence-corrected chi connectivity index (χ1v) is 13.4. The number of methoxy groups -OCH3 is 3. The molecule has 1 aliphatic rings. The van der Waals surface area contributed by atoms with Crippen molar-refractivity contribution in [3.63, 3.8) is 0 Å². The molecule has 0 N–H and O–H groups in total. The third kappa shape index (κ3) is 5.91. The Labute approximate surface area is 230 Å². The highest BCUT2D eigenvalue weighted by Gasteiger charge is 2.35. The summed E-state index contributed by atoms with van der Waals surface area (Å²) in [4.78, 5) is 32.5. The van der Waals surface area contributed by atoms with Crippen molar-refractivity contribution in [2.45, 2.75) is 26.3 Å². The number of ether oxygens (including phenoxy) is 5. The van der Waals surface area contributed by atoms with Crippen LogP contribution in [0, 0.1) is 0 Å². The van der Waals surface area contributed by atoms with Gasteiger partial charge >= 0.3 is 5.97 Å². The maximum absolute atomic E-state index is 14.0. The standard InChI is InChI=1S/C29H32N2O7S/c1-6-13-37-23-10-8-7-9-21(23)26-25(28(33)38-15-14-34-3)18(2)30-29-31(26)27(32)24(39-29)17-19-16-20(35-4)11-12-22(19)36-5/h7-12,16-17,26H,6,13-15H2,1-5H3/b24-17+/t26-/m0/s1. The molecule has 0 radical (unpaired) electrons. The molecule has 1 aromatic heterocycles. The maximum Gasteiger partial charge on any atom is 0.338 e. The van der Waals surface area contributed by atoms with E-state index in [2.05, 4.69) is 4.99 Å². The number of fused-ring (bicyclic) bond motifs is 1. The molecule has 39 heavy (non-hydrogen) atoms. The van der Waals surface area contributed by atoms with E-state index in [9.17, 15) is 9.59 Å². The zero-order chi connectivity index (χ0) is 27.9. The highest BCUT2D eigenvalue weighted by molar-refractivity contribution is 7.07. The minimum Gasteiger partial charge on any atom is -0.497 e. The fraction of sp³-hybridized carbons (Fsp3) is 0.345. The van der Waals surface area contributed by atoms with Crippen molar-refractivity contribution < 1.29 is 28.5 Å². The second kappa shape index (κ2) is 12.8. The highest BCUT2D eigenvalue weighted by atomic mass is 32.1. The van der Waals surface area contributed by atoms with Crippen LogP contribution in [-0.2, 0) is 14.3 Å². The van der Waals surface area contributed by atoms with Gasteiger partial charge in [0.2, 0.25) is 0 Å². The van der Waals surface area contributed by atoms with E-state index in [4.69, 9.17) is 23.7 Å². The predicted octanol–water partition coefficient (Wildman–Crippen LogP) is 3.23. The van der Waals surface area contributed by atoms with Crippen molar-refractivity contribution in [2.24, 2.45) is 4.99 Å². The largest absolute Gasteiger partial charge is 0.497 e. The number of para-hydroxylation sites is 1. The molecule has 1 aliphatic heterocycles. The van der Waals surface area contributed by atoms with Gasteiger partial charge in [0, 0.05) is 18.2 Å². The number of carbonyl (C=O) groups is 1. The van der Waals surface area contributed by atoms with E-state index in [1.165, 1.54) is 23.0 Å². The normalized spacial score (nSPS) is 15.0. The van der Waals surface area contributed by atoms with Crippen LogP contribution in [0.5, 0.6) is 17.2 Å². The molecule has 0 bridgehead atoms. The lowest BCUT2D eigenvalue weighted by molar-refractivity contribution is -0.140. The van der Waals surface area contributed by atoms with Crippen LogP contribution in [0.25, 0.3) is 6.08 Å². The second-order valence-electron chi connectivity index (χ2n) is 8.70. The molecule has 10 heteroatoms. The van der Waals surface area contributed by atoms with Crippen molar-refractivity contribution in [2.75, 3.05) is 41.2 Å². The van der Waals surface area contributed by atoms with Crippen LogP contribution in [0.2, 0.25) is 0 Å². The van der Waals surface area contributed by atoms with Gasteiger partial charge in [-0.15, -0.1) is 0 Å². The number of hydrogen-bond acceptors (Lipinski definition) is 9. The topological polar surface area (TPSA) is 97.6 Å². The third-order valence-electron chi connectivity index (χ3n) is 6.16. The monoisotopic (exact) mass is 552 g/mol. The van der Waals surface area contributed by atoms with Gasteiger partial charge < -0.3 is 23.7 Å². The van der Waals surface area contributed by atoms with E-state index in [0.717, 1.165) is 6.42 Å². The summed E-state index contributed by atoms with van der Waals surface area (Å²) in [5.74, 6) is 1.25. The van der Waals surface area contributed by atoms with E-state index in [1.54, 1.807) is 45.4 Å². The number of esters is 1. The van der Waals surface area contributed by atoms with Crippen LogP contribution >= 0.6 is 11.3 Å². The number of carbonyl (C=O) groups excluding carboxylic acids is 1. The fourth-order valence-electron chi connectivity index (χ4n) is 4.32. The molecule has 0 aliphatic carbocycles. The van der Waals surface area contributed by atoms with Gasteiger partial charge in [-0.2, -0.15) is 0 Å². The Balaban J connectivity index is 1.94. The number of rotatable bonds is 11. The lowest BCUT2D eigenvalue weighted by atomic mass is 9.95. The third-order valence-corrected chi connectivity index (χ3v) is 7.14. The molecular weight excluding hydrogens is 520 g/mol. The highest BCUT2D eigenvalue weighted by Crippen LogP contribution is 2.36. The molecular formula is C29H32N2O7S. The number of allylic oxidation sites excluding steroid dienone is 1. The zero-order valence-corrected chi connectivity index (χ0v) is 23.5. The Kier molecular flexibility index (Phi) is 9.21. The molecule has 0 spiro atoms. The van der Waals surface area contributed by atoms with E-state index in [0.29, 0.717) is 50.0 Å². The lowest BCUT2D eigenvalue weighted by Gasteiger charge is -2.26. The van der Waals surface area contributed by atoms with Crippen molar-refractivity contribution >= 4 is 23.4 Å². The summed E-state index contributed by atoms with van der Waals surface area (Å²) in [5.41, 5.74) is 1.80. The van der Waals surface area contributed by atoms with Gasteiger partial charge in [-0.3, -0.25) is 9.36 Å². The van der Waals surface area contributed by atoms with Crippen molar-refractivity contribution in [3.8, 4) is 17.2 Å². The minimum atomic E-state index is -0.793. The van der Waals surface area contributed by atoms with Crippen LogP contribution in [0.15, 0.2) is 63.5 Å². The molecule has 0 amide bonds. The van der Waals surface area contributed by atoms with Crippen molar-refractivity contribution in [1.29, 1.82) is 0 Å². The molecule has 2 heterocycles. The molecule has 2 aromatic carbocycles. The maximum atomic E-state index is 14.0. The first kappa shape index (κ1) is 28.1. The average molecular weight is 553 g/mol. The summed E-state index contributed by atoms with van der Waals surface area (Å²) in [6.45, 7) is 4.58. The summed E-state index contributed by atoms with van der Waals surface area (Å²) >= 11 is 1.24.